The summed E-state index contributed by atoms with van der Waals surface area (Å²) in [6.07, 6.45) is -0.410. The zero-order valence-electron chi connectivity index (χ0n) is 11.3. The molecule has 0 aliphatic carbocycles. The molecule has 114 valence electrons. The van der Waals surface area contributed by atoms with Gasteiger partial charge in [-0.05, 0) is 12.1 Å². The molecule has 0 saturated carbocycles. The fourth-order valence-corrected chi connectivity index (χ4v) is 2.76. The number of β-amino-alcohol motifs (C(OH)–C–C–N with tert-alkyl or cyclic N) is 1. The molecule has 7 nitrogen and oxygen atoms in total. The minimum atomic E-state index is -0.456. The van der Waals surface area contributed by atoms with E-state index in [0.29, 0.717) is 19.6 Å². The number of nitro benzene ring substituents is 1. The van der Waals surface area contributed by atoms with Gasteiger partial charge in [0.2, 0.25) is 5.91 Å². The topological polar surface area (TPSA) is 104 Å². The predicted octanol–water partition coefficient (Wildman–Crippen LogP) is 0.383. The number of thioether (sulfide) groups is 1. The van der Waals surface area contributed by atoms with Crippen molar-refractivity contribution >= 4 is 23.4 Å². The average Bonchev–Trinajstić information content (AvgIpc) is 2.88. The van der Waals surface area contributed by atoms with E-state index in [4.69, 9.17) is 0 Å². The van der Waals surface area contributed by atoms with Gasteiger partial charge in [0, 0.05) is 42.6 Å². The monoisotopic (exact) mass is 311 g/mol. The van der Waals surface area contributed by atoms with Crippen molar-refractivity contribution in [2.75, 3.05) is 25.4 Å². The molecule has 3 N–H and O–H groups in total. The third-order valence-corrected chi connectivity index (χ3v) is 4.30. The lowest BCUT2D eigenvalue weighted by molar-refractivity contribution is -0.384. The minimum absolute atomic E-state index is 0.0338. The normalized spacial score (nSPS) is 21.2. The number of hydrogen-bond acceptors (Lipinski definition) is 6. The molecule has 2 atom stereocenters. The number of non-ortho nitro benzene ring substituents is 1. The van der Waals surface area contributed by atoms with Crippen molar-refractivity contribution < 1.29 is 14.8 Å². The maximum absolute atomic E-state index is 11.7. The summed E-state index contributed by atoms with van der Waals surface area (Å²) in [6.45, 7) is 1.73. The molecule has 1 aromatic rings. The molecule has 1 aromatic carbocycles. The number of nitrogens with one attached hydrogen (secondary N) is 2. The molecule has 0 aromatic heterocycles. The molecule has 0 bridgehead atoms. The zero-order chi connectivity index (χ0) is 15.2. The highest BCUT2D eigenvalue weighted by Gasteiger charge is 2.24. The van der Waals surface area contributed by atoms with Gasteiger partial charge < -0.3 is 15.7 Å². The van der Waals surface area contributed by atoms with Crippen LogP contribution in [0.4, 0.5) is 5.69 Å². The van der Waals surface area contributed by atoms with Crippen molar-refractivity contribution in [1.82, 2.24) is 10.6 Å². The van der Waals surface area contributed by atoms with Gasteiger partial charge in [0.1, 0.15) is 0 Å². The van der Waals surface area contributed by atoms with E-state index < -0.39 is 11.0 Å². The van der Waals surface area contributed by atoms with Gasteiger partial charge in [-0.25, -0.2) is 0 Å². The molecule has 1 amide bonds. The van der Waals surface area contributed by atoms with Crippen LogP contribution in [0.5, 0.6) is 0 Å². The number of carbonyl (C=O) groups is 1. The van der Waals surface area contributed by atoms with Gasteiger partial charge >= 0.3 is 0 Å². The van der Waals surface area contributed by atoms with Gasteiger partial charge in [0.15, 0.2) is 0 Å². The molecule has 2 unspecified atom stereocenters. The van der Waals surface area contributed by atoms with Gasteiger partial charge in [-0.15, -0.1) is 11.8 Å². The number of carbonyl (C=O) groups excluding carboxylic acids is 1. The average molecular weight is 311 g/mol. The third kappa shape index (κ3) is 4.69. The standard InChI is InChI=1S/C13H17N3O4S/c17-12-7-14-5-9(12)6-15-13(18)8-21-11-3-1-10(2-4-11)16(19)20/h1-4,9,12,14,17H,5-8H2,(H,15,18). The summed E-state index contributed by atoms with van der Waals surface area (Å²) in [5, 5.41) is 26.0. The Labute approximate surface area is 126 Å². The SMILES string of the molecule is O=C(CSc1ccc([N+](=O)[O-])cc1)NCC1CNCC1O. The quantitative estimate of drug-likeness (QED) is 0.399. The van der Waals surface area contributed by atoms with Gasteiger partial charge in [0.25, 0.3) is 5.69 Å². The van der Waals surface area contributed by atoms with Crippen molar-refractivity contribution in [2.45, 2.75) is 11.0 Å². The highest BCUT2D eigenvalue weighted by atomic mass is 32.2. The van der Waals surface area contributed by atoms with E-state index in [0.717, 1.165) is 4.90 Å². The molecular formula is C13H17N3O4S. The maximum Gasteiger partial charge on any atom is 0.269 e. The van der Waals surface area contributed by atoms with Crippen LogP contribution in [0.3, 0.4) is 0 Å². The Bertz CT molecular complexity index is 509. The van der Waals surface area contributed by atoms with E-state index in [2.05, 4.69) is 10.6 Å². The van der Waals surface area contributed by atoms with Crippen LogP contribution in [0.2, 0.25) is 0 Å². The predicted molar refractivity (Wildman–Crippen MR) is 79.2 cm³/mol. The van der Waals surface area contributed by atoms with Crippen LogP contribution < -0.4 is 10.6 Å². The highest BCUT2D eigenvalue weighted by molar-refractivity contribution is 8.00. The first-order valence-corrected chi connectivity index (χ1v) is 7.57. The summed E-state index contributed by atoms with van der Waals surface area (Å²) in [4.78, 5) is 22.6. The molecule has 21 heavy (non-hydrogen) atoms. The van der Waals surface area contributed by atoms with E-state index >= 15 is 0 Å². The molecular weight excluding hydrogens is 294 g/mol. The Morgan fingerprint density at radius 2 is 2.14 bits per heavy atom. The summed E-state index contributed by atoms with van der Waals surface area (Å²) in [5.41, 5.74) is 0.0338. The van der Waals surface area contributed by atoms with Crippen LogP contribution in [0.15, 0.2) is 29.2 Å². The van der Waals surface area contributed by atoms with Gasteiger partial charge in [-0.3, -0.25) is 14.9 Å². The largest absolute Gasteiger partial charge is 0.391 e. The Kier molecular flexibility index (Phi) is 5.54. The second-order valence-electron chi connectivity index (χ2n) is 4.83. The first-order valence-electron chi connectivity index (χ1n) is 6.59. The highest BCUT2D eigenvalue weighted by Crippen LogP contribution is 2.21. The van der Waals surface area contributed by atoms with Crippen LogP contribution >= 0.6 is 11.8 Å². The fraction of sp³-hybridized carbons (Fsp3) is 0.462. The first kappa shape index (κ1) is 15.7. The van der Waals surface area contributed by atoms with E-state index in [1.807, 2.05) is 0 Å². The maximum atomic E-state index is 11.7. The Balaban J connectivity index is 1.72. The number of nitrogens with zero attached hydrogens (tertiary/aromatic N) is 1. The lowest BCUT2D eigenvalue weighted by Crippen LogP contribution is -2.35. The summed E-state index contributed by atoms with van der Waals surface area (Å²) in [5.74, 6) is 0.185. The number of amides is 1. The van der Waals surface area contributed by atoms with Crippen molar-refractivity contribution in [1.29, 1.82) is 0 Å². The molecule has 1 aliphatic rings. The van der Waals surface area contributed by atoms with Crippen molar-refractivity contribution in [2.24, 2.45) is 5.92 Å². The summed E-state index contributed by atoms with van der Waals surface area (Å²) >= 11 is 1.32. The molecule has 1 saturated heterocycles. The second kappa shape index (κ2) is 7.39. The van der Waals surface area contributed by atoms with Crippen LogP contribution in [0.25, 0.3) is 0 Å². The molecule has 2 rings (SSSR count). The molecule has 1 aliphatic heterocycles. The van der Waals surface area contributed by atoms with Crippen LogP contribution in [-0.4, -0.2) is 47.4 Å². The number of aliphatic hydroxyl groups excluding tert-OH is 1. The third-order valence-electron chi connectivity index (χ3n) is 3.28. The van der Waals surface area contributed by atoms with E-state index in [-0.39, 0.29) is 23.3 Å². The number of benzene rings is 1. The molecule has 1 heterocycles. The minimum Gasteiger partial charge on any atom is -0.391 e. The number of hydrogen-bond donors (Lipinski definition) is 3. The van der Waals surface area contributed by atoms with Crippen molar-refractivity contribution in [3.05, 3.63) is 34.4 Å². The Morgan fingerprint density at radius 3 is 2.71 bits per heavy atom. The molecule has 0 spiro atoms. The van der Waals surface area contributed by atoms with E-state index in [1.54, 1.807) is 12.1 Å². The number of nitro groups is 1. The van der Waals surface area contributed by atoms with Crippen LogP contribution in [-0.2, 0) is 4.79 Å². The van der Waals surface area contributed by atoms with Gasteiger partial charge in [-0.2, -0.15) is 0 Å². The van der Waals surface area contributed by atoms with Crippen LogP contribution in [0, 0.1) is 16.0 Å². The van der Waals surface area contributed by atoms with E-state index in [1.165, 1.54) is 23.9 Å². The molecule has 1 fully saturated rings. The second-order valence-corrected chi connectivity index (χ2v) is 5.88. The smallest absolute Gasteiger partial charge is 0.269 e. The molecule has 0 radical (unpaired) electrons. The van der Waals surface area contributed by atoms with Gasteiger partial charge in [0.05, 0.1) is 16.8 Å². The first-order chi connectivity index (χ1) is 10.1. The summed E-state index contributed by atoms with van der Waals surface area (Å²) in [6, 6.07) is 6.09. The van der Waals surface area contributed by atoms with Gasteiger partial charge in [-0.1, -0.05) is 0 Å². The molecule has 8 heteroatoms. The Hall–Kier alpha value is -1.64. The number of aliphatic hydroxyl groups is 1. The lowest BCUT2D eigenvalue weighted by Gasteiger charge is -2.13. The number of rotatable bonds is 6. The summed E-state index contributed by atoms with van der Waals surface area (Å²) < 4.78 is 0. The lowest BCUT2D eigenvalue weighted by atomic mass is 10.1. The van der Waals surface area contributed by atoms with Crippen molar-refractivity contribution in [3.8, 4) is 0 Å². The van der Waals surface area contributed by atoms with E-state index in [9.17, 15) is 20.0 Å². The summed E-state index contributed by atoms with van der Waals surface area (Å²) in [7, 11) is 0. The van der Waals surface area contributed by atoms with Crippen molar-refractivity contribution in [3.63, 3.8) is 0 Å². The van der Waals surface area contributed by atoms with Crippen LogP contribution in [0.1, 0.15) is 0 Å². The Morgan fingerprint density at radius 1 is 1.43 bits per heavy atom. The zero-order valence-corrected chi connectivity index (χ0v) is 12.1. The fourth-order valence-electron chi connectivity index (χ4n) is 2.04.